The van der Waals surface area contributed by atoms with E-state index in [1.165, 1.54) is 0 Å². The van der Waals surface area contributed by atoms with E-state index in [2.05, 4.69) is 31.1 Å². The van der Waals surface area contributed by atoms with Crippen LogP contribution in [0.4, 0.5) is 0 Å². The van der Waals surface area contributed by atoms with Crippen LogP contribution < -0.4 is 5.32 Å². The normalized spacial score (nSPS) is 28.4. The van der Waals surface area contributed by atoms with E-state index in [0.717, 1.165) is 23.9 Å². The van der Waals surface area contributed by atoms with Crippen molar-refractivity contribution in [3.05, 3.63) is 0 Å². The fourth-order valence-electron chi connectivity index (χ4n) is 1.42. The molecule has 1 aliphatic rings. The average Bonchev–Trinajstić information content (AvgIpc) is 2.23. The van der Waals surface area contributed by atoms with E-state index in [0.29, 0.717) is 18.0 Å². The number of ether oxygens (including phenoxy) is 1. The molecule has 0 radical (unpaired) electrons. The van der Waals surface area contributed by atoms with Gasteiger partial charge in [0, 0.05) is 12.9 Å². The lowest BCUT2D eigenvalue weighted by Crippen LogP contribution is -2.39. The number of thioether (sulfide) groups is 1. The summed E-state index contributed by atoms with van der Waals surface area (Å²) >= 11 is 1.83. The highest BCUT2D eigenvalue weighted by Gasteiger charge is 2.20. The Kier molecular flexibility index (Phi) is 5.47. The molecule has 1 rings (SSSR count). The second-order valence-corrected chi connectivity index (χ2v) is 5.18. The molecule has 0 aromatic carbocycles. The Bertz CT molecular complexity index is 221. The quantitative estimate of drug-likeness (QED) is 0.803. The molecule has 0 saturated carbocycles. The minimum Gasteiger partial charge on any atom is -0.383 e. The van der Waals surface area contributed by atoms with Gasteiger partial charge in [-0.05, 0) is 19.3 Å². The van der Waals surface area contributed by atoms with Crippen LogP contribution in [-0.2, 0) is 4.74 Å². The Balaban J connectivity index is 2.46. The summed E-state index contributed by atoms with van der Waals surface area (Å²) in [5, 5.41) is 4.53. The Morgan fingerprint density at radius 1 is 1.60 bits per heavy atom. The number of nitrogens with zero attached hydrogens (tertiary/aromatic N) is 1. The van der Waals surface area contributed by atoms with Gasteiger partial charge >= 0.3 is 0 Å². The number of methoxy groups -OCH3 is 1. The Labute approximate surface area is 97.1 Å². The molecule has 0 spiro atoms. The minimum atomic E-state index is 0.391. The molecule has 3 unspecified atom stereocenters. The van der Waals surface area contributed by atoms with Crippen molar-refractivity contribution < 1.29 is 4.74 Å². The minimum absolute atomic E-state index is 0.391. The SMILES string of the molecule is CCC(COC)NC1=NC(C)C(C)CS1. The van der Waals surface area contributed by atoms with Crippen LogP contribution >= 0.6 is 11.8 Å². The maximum atomic E-state index is 5.16. The van der Waals surface area contributed by atoms with Gasteiger partial charge in [-0.3, -0.25) is 4.99 Å². The van der Waals surface area contributed by atoms with Crippen LogP contribution in [0.15, 0.2) is 4.99 Å². The molecular formula is C11H22N2OS. The van der Waals surface area contributed by atoms with E-state index in [-0.39, 0.29) is 0 Å². The molecule has 0 aromatic heterocycles. The molecule has 1 heterocycles. The summed E-state index contributed by atoms with van der Waals surface area (Å²) in [6, 6.07) is 0.829. The van der Waals surface area contributed by atoms with E-state index >= 15 is 0 Å². The molecule has 3 atom stereocenters. The lowest BCUT2D eigenvalue weighted by molar-refractivity contribution is 0.172. The van der Waals surface area contributed by atoms with Crippen LogP contribution in [0.3, 0.4) is 0 Å². The number of nitrogens with one attached hydrogen (secondary N) is 1. The molecule has 0 saturated heterocycles. The van der Waals surface area contributed by atoms with E-state index in [1.54, 1.807) is 7.11 Å². The zero-order valence-corrected chi connectivity index (χ0v) is 10.9. The molecule has 0 aliphatic carbocycles. The van der Waals surface area contributed by atoms with Crippen molar-refractivity contribution in [2.75, 3.05) is 19.5 Å². The third-order valence-corrected chi connectivity index (χ3v) is 4.00. The summed E-state index contributed by atoms with van der Waals surface area (Å²) in [5.41, 5.74) is 0. The maximum Gasteiger partial charge on any atom is 0.157 e. The first-order valence-electron chi connectivity index (χ1n) is 5.63. The molecule has 15 heavy (non-hydrogen) atoms. The third-order valence-electron chi connectivity index (χ3n) is 2.82. The van der Waals surface area contributed by atoms with Gasteiger partial charge in [0.25, 0.3) is 0 Å². The Morgan fingerprint density at radius 3 is 2.87 bits per heavy atom. The topological polar surface area (TPSA) is 33.6 Å². The average molecular weight is 230 g/mol. The summed E-state index contributed by atoms with van der Waals surface area (Å²) in [7, 11) is 1.74. The fraction of sp³-hybridized carbons (Fsp3) is 0.909. The molecule has 0 amide bonds. The van der Waals surface area contributed by atoms with E-state index < -0.39 is 0 Å². The van der Waals surface area contributed by atoms with E-state index in [1.807, 2.05) is 11.8 Å². The lowest BCUT2D eigenvalue weighted by atomic mass is 10.1. The van der Waals surface area contributed by atoms with Gasteiger partial charge in [0.15, 0.2) is 5.17 Å². The molecular weight excluding hydrogens is 208 g/mol. The van der Waals surface area contributed by atoms with Crippen LogP contribution in [-0.4, -0.2) is 36.7 Å². The van der Waals surface area contributed by atoms with Crippen molar-refractivity contribution >= 4 is 16.9 Å². The number of rotatable bonds is 4. The zero-order valence-electron chi connectivity index (χ0n) is 10.1. The van der Waals surface area contributed by atoms with Crippen LogP contribution in [0, 0.1) is 5.92 Å². The van der Waals surface area contributed by atoms with Crippen LogP contribution in [0.2, 0.25) is 0 Å². The number of aliphatic imine (C=N–C) groups is 1. The van der Waals surface area contributed by atoms with Crippen molar-refractivity contribution in [2.24, 2.45) is 10.9 Å². The number of amidine groups is 1. The van der Waals surface area contributed by atoms with Crippen LogP contribution in [0.1, 0.15) is 27.2 Å². The van der Waals surface area contributed by atoms with Gasteiger partial charge in [0.05, 0.1) is 18.7 Å². The van der Waals surface area contributed by atoms with Crippen molar-refractivity contribution in [2.45, 2.75) is 39.3 Å². The molecule has 0 bridgehead atoms. The molecule has 3 nitrogen and oxygen atoms in total. The Morgan fingerprint density at radius 2 is 2.33 bits per heavy atom. The molecule has 88 valence electrons. The highest BCUT2D eigenvalue weighted by Crippen LogP contribution is 2.21. The molecule has 1 N–H and O–H groups in total. The first-order chi connectivity index (χ1) is 7.17. The van der Waals surface area contributed by atoms with Gasteiger partial charge in [-0.2, -0.15) is 0 Å². The predicted octanol–water partition coefficient (Wildman–Crippen LogP) is 2.13. The van der Waals surface area contributed by atoms with Gasteiger partial charge < -0.3 is 10.1 Å². The van der Waals surface area contributed by atoms with Gasteiger partial charge in [0.2, 0.25) is 0 Å². The smallest absolute Gasteiger partial charge is 0.157 e. The largest absolute Gasteiger partial charge is 0.383 e. The van der Waals surface area contributed by atoms with E-state index in [4.69, 9.17) is 4.74 Å². The number of hydrogen-bond acceptors (Lipinski definition) is 4. The van der Waals surface area contributed by atoms with Crippen LogP contribution in [0.25, 0.3) is 0 Å². The summed E-state index contributed by atoms with van der Waals surface area (Å²) in [5.74, 6) is 1.85. The summed E-state index contributed by atoms with van der Waals surface area (Å²) in [6.07, 6.45) is 1.07. The van der Waals surface area contributed by atoms with Gasteiger partial charge in [-0.1, -0.05) is 25.6 Å². The monoisotopic (exact) mass is 230 g/mol. The predicted molar refractivity (Wildman–Crippen MR) is 67.6 cm³/mol. The summed E-state index contributed by atoms with van der Waals surface area (Å²) < 4.78 is 5.16. The van der Waals surface area contributed by atoms with Crippen LogP contribution in [0.5, 0.6) is 0 Å². The van der Waals surface area contributed by atoms with Crippen molar-refractivity contribution in [1.82, 2.24) is 5.32 Å². The fourth-order valence-corrected chi connectivity index (χ4v) is 2.61. The Hall–Kier alpha value is -0.220. The summed E-state index contributed by atoms with van der Waals surface area (Å²) in [6.45, 7) is 7.35. The third kappa shape index (κ3) is 4.03. The zero-order chi connectivity index (χ0) is 11.3. The second kappa shape index (κ2) is 6.38. The molecule has 4 heteroatoms. The van der Waals surface area contributed by atoms with Gasteiger partial charge in [-0.15, -0.1) is 0 Å². The van der Waals surface area contributed by atoms with Gasteiger partial charge in [-0.25, -0.2) is 0 Å². The first kappa shape index (κ1) is 12.8. The molecule has 0 fully saturated rings. The van der Waals surface area contributed by atoms with E-state index in [9.17, 15) is 0 Å². The van der Waals surface area contributed by atoms with Crippen molar-refractivity contribution in [3.63, 3.8) is 0 Å². The maximum absolute atomic E-state index is 5.16. The molecule has 1 aliphatic heterocycles. The first-order valence-corrected chi connectivity index (χ1v) is 6.62. The standard InChI is InChI=1S/C11H22N2OS/c1-5-10(6-14-4)13-11-12-9(3)8(2)7-15-11/h8-10H,5-7H2,1-4H3,(H,12,13). The van der Waals surface area contributed by atoms with Crippen molar-refractivity contribution in [3.8, 4) is 0 Å². The number of hydrogen-bond donors (Lipinski definition) is 1. The lowest BCUT2D eigenvalue weighted by Gasteiger charge is -2.26. The summed E-state index contributed by atoms with van der Waals surface area (Å²) in [4.78, 5) is 4.65. The highest BCUT2D eigenvalue weighted by atomic mass is 32.2. The van der Waals surface area contributed by atoms with Gasteiger partial charge in [0.1, 0.15) is 0 Å². The molecule has 0 aromatic rings. The second-order valence-electron chi connectivity index (χ2n) is 4.17. The highest BCUT2D eigenvalue weighted by molar-refractivity contribution is 8.13. The van der Waals surface area contributed by atoms with Crippen molar-refractivity contribution in [1.29, 1.82) is 0 Å².